The predicted molar refractivity (Wildman–Crippen MR) is 124 cm³/mol. The standard InChI is InChI=1S/C26H22N2O5/c1-2-32-21-12-8-18(9-13-21)16-23-24(29)27-26(31)28(25(23)30)20-10-14-22(15-11-20)33-17-19-6-4-3-5-7-19/h3-16H,2,17H2,1H3,(H,27,29,31)/b23-16+. The lowest BCUT2D eigenvalue weighted by Crippen LogP contribution is -2.54. The molecule has 33 heavy (non-hydrogen) atoms. The van der Waals surface area contributed by atoms with Crippen molar-refractivity contribution in [3.8, 4) is 11.5 Å². The van der Waals surface area contributed by atoms with E-state index in [0.29, 0.717) is 36.0 Å². The second-order valence-corrected chi connectivity index (χ2v) is 7.23. The SMILES string of the molecule is CCOc1ccc(/C=C2\C(=O)NC(=O)N(c3ccc(OCc4ccccc4)cc3)C2=O)cc1. The second kappa shape index (κ2) is 9.82. The van der Waals surface area contributed by atoms with E-state index < -0.39 is 17.8 Å². The Labute approximate surface area is 191 Å². The quantitative estimate of drug-likeness (QED) is 0.435. The van der Waals surface area contributed by atoms with Gasteiger partial charge in [-0.2, -0.15) is 0 Å². The molecule has 0 atom stereocenters. The summed E-state index contributed by atoms with van der Waals surface area (Å²) in [6.45, 7) is 2.82. The zero-order valence-corrected chi connectivity index (χ0v) is 18.0. The molecule has 7 heteroatoms. The van der Waals surface area contributed by atoms with Crippen LogP contribution in [-0.2, 0) is 16.2 Å². The Bertz CT molecular complexity index is 1190. The third kappa shape index (κ3) is 5.10. The van der Waals surface area contributed by atoms with Gasteiger partial charge < -0.3 is 9.47 Å². The lowest BCUT2D eigenvalue weighted by atomic mass is 10.1. The van der Waals surface area contributed by atoms with Crippen molar-refractivity contribution < 1.29 is 23.9 Å². The average Bonchev–Trinajstić information content (AvgIpc) is 2.83. The zero-order valence-electron chi connectivity index (χ0n) is 18.0. The largest absolute Gasteiger partial charge is 0.494 e. The molecule has 1 aliphatic heterocycles. The van der Waals surface area contributed by atoms with E-state index >= 15 is 0 Å². The number of anilines is 1. The van der Waals surface area contributed by atoms with Crippen molar-refractivity contribution in [2.24, 2.45) is 0 Å². The van der Waals surface area contributed by atoms with Gasteiger partial charge >= 0.3 is 6.03 Å². The molecule has 1 N–H and O–H groups in total. The van der Waals surface area contributed by atoms with E-state index in [-0.39, 0.29) is 5.57 Å². The van der Waals surface area contributed by atoms with Crippen LogP contribution in [0.4, 0.5) is 10.5 Å². The molecule has 7 nitrogen and oxygen atoms in total. The molecule has 1 fully saturated rings. The Balaban J connectivity index is 1.51. The van der Waals surface area contributed by atoms with E-state index in [0.717, 1.165) is 10.5 Å². The molecule has 1 saturated heterocycles. The molecule has 1 heterocycles. The van der Waals surface area contributed by atoms with Crippen LogP contribution in [0.1, 0.15) is 18.1 Å². The summed E-state index contributed by atoms with van der Waals surface area (Å²) in [5, 5.41) is 2.22. The summed E-state index contributed by atoms with van der Waals surface area (Å²) in [4.78, 5) is 38.7. The van der Waals surface area contributed by atoms with Crippen LogP contribution in [0.2, 0.25) is 0 Å². The van der Waals surface area contributed by atoms with Gasteiger partial charge in [-0.3, -0.25) is 14.9 Å². The number of nitrogens with zero attached hydrogens (tertiary/aromatic N) is 1. The van der Waals surface area contributed by atoms with Gasteiger partial charge in [-0.05, 0) is 60.5 Å². The Morgan fingerprint density at radius 3 is 2.12 bits per heavy atom. The molecule has 0 radical (unpaired) electrons. The van der Waals surface area contributed by atoms with Gasteiger partial charge in [0.25, 0.3) is 11.8 Å². The van der Waals surface area contributed by atoms with Gasteiger partial charge in [0.1, 0.15) is 23.7 Å². The van der Waals surface area contributed by atoms with Crippen molar-refractivity contribution in [2.75, 3.05) is 11.5 Å². The monoisotopic (exact) mass is 442 g/mol. The number of hydrogen-bond acceptors (Lipinski definition) is 5. The van der Waals surface area contributed by atoms with Crippen molar-refractivity contribution in [1.29, 1.82) is 0 Å². The van der Waals surface area contributed by atoms with Gasteiger partial charge in [0.15, 0.2) is 0 Å². The normalized spacial score (nSPS) is 14.9. The van der Waals surface area contributed by atoms with E-state index in [2.05, 4.69) is 5.32 Å². The van der Waals surface area contributed by atoms with Gasteiger partial charge in [-0.1, -0.05) is 42.5 Å². The highest BCUT2D eigenvalue weighted by Crippen LogP contribution is 2.25. The summed E-state index contributed by atoms with van der Waals surface area (Å²) in [5.41, 5.74) is 1.85. The molecular weight excluding hydrogens is 420 g/mol. The Hall–Kier alpha value is -4.39. The van der Waals surface area contributed by atoms with Crippen molar-refractivity contribution in [2.45, 2.75) is 13.5 Å². The third-order valence-corrected chi connectivity index (χ3v) is 4.95. The zero-order chi connectivity index (χ0) is 23.2. The van der Waals surface area contributed by atoms with Crippen molar-refractivity contribution in [3.63, 3.8) is 0 Å². The first-order chi connectivity index (χ1) is 16.0. The van der Waals surface area contributed by atoms with Gasteiger partial charge in [0.2, 0.25) is 0 Å². The number of carbonyl (C=O) groups excluding carboxylic acids is 3. The number of ether oxygens (including phenoxy) is 2. The van der Waals surface area contributed by atoms with E-state index in [1.807, 2.05) is 37.3 Å². The van der Waals surface area contributed by atoms with Crippen LogP contribution in [0.25, 0.3) is 6.08 Å². The number of carbonyl (C=O) groups is 3. The van der Waals surface area contributed by atoms with Crippen LogP contribution in [0, 0.1) is 0 Å². The molecule has 0 unspecified atom stereocenters. The summed E-state index contributed by atoms with van der Waals surface area (Å²) >= 11 is 0. The number of barbiturate groups is 1. The van der Waals surface area contributed by atoms with Crippen LogP contribution in [0.5, 0.6) is 11.5 Å². The number of amides is 4. The third-order valence-electron chi connectivity index (χ3n) is 4.95. The number of nitrogens with one attached hydrogen (secondary N) is 1. The fraction of sp³-hybridized carbons (Fsp3) is 0.115. The minimum Gasteiger partial charge on any atom is -0.494 e. The number of benzene rings is 3. The Morgan fingerprint density at radius 1 is 0.818 bits per heavy atom. The number of hydrogen-bond donors (Lipinski definition) is 1. The van der Waals surface area contributed by atoms with Crippen LogP contribution < -0.4 is 19.7 Å². The summed E-state index contributed by atoms with van der Waals surface area (Å²) in [5.74, 6) is -0.160. The molecule has 0 aromatic heterocycles. The fourth-order valence-electron chi connectivity index (χ4n) is 3.32. The lowest BCUT2D eigenvalue weighted by molar-refractivity contribution is -0.122. The molecule has 0 saturated carbocycles. The highest BCUT2D eigenvalue weighted by atomic mass is 16.5. The molecule has 1 aliphatic rings. The van der Waals surface area contributed by atoms with E-state index in [1.165, 1.54) is 6.08 Å². The summed E-state index contributed by atoms with van der Waals surface area (Å²) < 4.78 is 11.2. The lowest BCUT2D eigenvalue weighted by Gasteiger charge is -2.26. The molecule has 166 valence electrons. The molecule has 4 rings (SSSR count). The topological polar surface area (TPSA) is 84.9 Å². The van der Waals surface area contributed by atoms with Crippen LogP contribution in [-0.4, -0.2) is 24.5 Å². The van der Waals surface area contributed by atoms with Crippen LogP contribution in [0.3, 0.4) is 0 Å². The predicted octanol–water partition coefficient (Wildman–Crippen LogP) is 4.33. The van der Waals surface area contributed by atoms with Gasteiger partial charge in [-0.15, -0.1) is 0 Å². The first-order valence-electron chi connectivity index (χ1n) is 10.5. The van der Waals surface area contributed by atoms with Gasteiger partial charge in [0.05, 0.1) is 12.3 Å². The maximum atomic E-state index is 13.0. The summed E-state index contributed by atoms with van der Waals surface area (Å²) in [6.07, 6.45) is 1.45. The minimum absolute atomic E-state index is 0.136. The maximum Gasteiger partial charge on any atom is 0.335 e. The van der Waals surface area contributed by atoms with E-state index in [9.17, 15) is 14.4 Å². The molecule has 4 amide bonds. The van der Waals surface area contributed by atoms with Gasteiger partial charge in [-0.25, -0.2) is 9.69 Å². The van der Waals surface area contributed by atoms with Crippen LogP contribution >= 0.6 is 0 Å². The first kappa shape index (κ1) is 21.8. The highest BCUT2D eigenvalue weighted by Gasteiger charge is 2.36. The number of imide groups is 2. The van der Waals surface area contributed by atoms with E-state index in [1.54, 1.807) is 48.5 Å². The molecular formula is C26H22N2O5. The second-order valence-electron chi connectivity index (χ2n) is 7.23. The Morgan fingerprint density at radius 2 is 1.45 bits per heavy atom. The first-order valence-corrected chi connectivity index (χ1v) is 10.5. The molecule has 3 aromatic carbocycles. The van der Waals surface area contributed by atoms with Crippen molar-refractivity contribution >= 4 is 29.6 Å². The van der Waals surface area contributed by atoms with E-state index in [4.69, 9.17) is 9.47 Å². The van der Waals surface area contributed by atoms with Gasteiger partial charge in [0, 0.05) is 0 Å². The summed E-state index contributed by atoms with van der Waals surface area (Å²) in [7, 11) is 0. The summed E-state index contributed by atoms with van der Waals surface area (Å²) in [6, 6.07) is 22.4. The molecule has 0 bridgehead atoms. The van der Waals surface area contributed by atoms with Crippen LogP contribution in [0.15, 0.2) is 84.4 Å². The van der Waals surface area contributed by atoms with Crippen molar-refractivity contribution in [3.05, 3.63) is 95.6 Å². The Kier molecular flexibility index (Phi) is 6.50. The average molecular weight is 442 g/mol. The molecule has 0 spiro atoms. The molecule has 3 aromatic rings. The van der Waals surface area contributed by atoms with Crippen molar-refractivity contribution in [1.82, 2.24) is 5.32 Å². The maximum absolute atomic E-state index is 13.0. The fourth-order valence-corrected chi connectivity index (χ4v) is 3.32. The molecule has 0 aliphatic carbocycles. The highest BCUT2D eigenvalue weighted by molar-refractivity contribution is 6.39. The number of urea groups is 1. The number of rotatable bonds is 7. The smallest absolute Gasteiger partial charge is 0.335 e. The minimum atomic E-state index is -0.799.